The van der Waals surface area contributed by atoms with Crippen LogP contribution in [0.1, 0.15) is 12.8 Å². The predicted octanol–water partition coefficient (Wildman–Crippen LogP) is 2.67. The third-order valence-electron chi connectivity index (χ3n) is 1.90. The first-order valence-electron chi connectivity index (χ1n) is 5.07. The molecule has 2 nitrogen and oxygen atoms in total. The minimum atomic E-state index is -0.569. The fourth-order valence-corrected chi connectivity index (χ4v) is 1.13. The molecule has 0 aromatic heterocycles. The first kappa shape index (κ1) is 12.6. The summed E-state index contributed by atoms with van der Waals surface area (Å²) < 4.78 is 30.9. The molecule has 0 atom stereocenters. The third-order valence-corrected chi connectivity index (χ3v) is 1.90. The summed E-state index contributed by atoms with van der Waals surface area (Å²) in [5.41, 5.74) is 0. The van der Waals surface area contributed by atoms with Gasteiger partial charge in [-0.05, 0) is 25.0 Å². The Kier molecular flexibility index (Phi) is 5.50. The fourth-order valence-electron chi connectivity index (χ4n) is 1.13. The van der Waals surface area contributed by atoms with E-state index in [0.29, 0.717) is 12.8 Å². The van der Waals surface area contributed by atoms with Crippen molar-refractivity contribution >= 4 is 0 Å². The van der Waals surface area contributed by atoms with E-state index < -0.39 is 11.6 Å². The molecule has 1 aromatic carbocycles. The van der Waals surface area contributed by atoms with E-state index in [1.165, 1.54) is 0 Å². The summed E-state index contributed by atoms with van der Waals surface area (Å²) in [7, 11) is 0. The molecule has 1 rings (SSSR count). The fraction of sp³-hybridized carbons (Fsp3) is 0.333. The Labute approximate surface area is 93.2 Å². The number of hydrogen-bond acceptors (Lipinski definition) is 2. The van der Waals surface area contributed by atoms with Crippen molar-refractivity contribution in [2.45, 2.75) is 12.8 Å². The van der Waals surface area contributed by atoms with Crippen LogP contribution >= 0.6 is 0 Å². The van der Waals surface area contributed by atoms with Gasteiger partial charge in [0.25, 0.3) is 0 Å². The summed E-state index contributed by atoms with van der Waals surface area (Å²) in [4.78, 5) is 0. The molecule has 0 saturated carbocycles. The highest BCUT2D eigenvalue weighted by Gasteiger charge is 2.03. The Balaban J connectivity index is 2.34. The lowest BCUT2D eigenvalue weighted by Gasteiger charge is -2.05. The molecule has 0 aliphatic carbocycles. The van der Waals surface area contributed by atoms with Gasteiger partial charge in [0, 0.05) is 12.7 Å². The predicted molar refractivity (Wildman–Crippen MR) is 57.3 cm³/mol. The van der Waals surface area contributed by atoms with E-state index >= 15 is 0 Å². The second-order valence-electron chi connectivity index (χ2n) is 3.20. The van der Waals surface area contributed by atoms with Gasteiger partial charge in [-0.15, -0.1) is 0 Å². The third kappa shape index (κ3) is 4.40. The maximum Gasteiger partial charge on any atom is 0.165 e. The highest BCUT2D eigenvalue weighted by Crippen LogP contribution is 2.17. The quantitative estimate of drug-likeness (QED) is 0.599. The minimum absolute atomic E-state index is 0.0736. The maximum absolute atomic E-state index is 13.1. The lowest BCUT2D eigenvalue weighted by molar-refractivity contribution is 0.300. The summed E-state index contributed by atoms with van der Waals surface area (Å²) in [6, 6.07) is 3.10. The molecule has 0 radical (unpaired) electrons. The molecule has 88 valence electrons. The first-order chi connectivity index (χ1) is 7.74. The van der Waals surface area contributed by atoms with Gasteiger partial charge in [0.05, 0.1) is 6.61 Å². The van der Waals surface area contributed by atoms with Gasteiger partial charge in [-0.2, -0.15) is 0 Å². The van der Waals surface area contributed by atoms with Crippen molar-refractivity contribution in [3.05, 3.63) is 42.0 Å². The van der Waals surface area contributed by atoms with Crippen molar-refractivity contribution in [1.29, 1.82) is 0 Å². The van der Waals surface area contributed by atoms with E-state index in [-0.39, 0.29) is 19.0 Å². The monoisotopic (exact) mass is 228 g/mol. The summed E-state index contributed by atoms with van der Waals surface area (Å²) in [5, 5.41) is 8.49. The minimum Gasteiger partial charge on any atom is -0.490 e. The van der Waals surface area contributed by atoms with Gasteiger partial charge in [-0.1, -0.05) is 12.2 Å². The summed E-state index contributed by atoms with van der Waals surface area (Å²) in [6.45, 7) is 0.387. The molecule has 0 heterocycles. The summed E-state index contributed by atoms with van der Waals surface area (Å²) in [6.07, 6.45) is 4.82. The van der Waals surface area contributed by atoms with E-state index in [1.807, 2.05) is 12.2 Å². The standard InChI is InChI=1S/C12H14F2O2/c13-10-5-6-11(14)12(9-10)16-8-4-2-1-3-7-15/h1-2,5-6,9,15H,3-4,7-8H2/b2-1+. The van der Waals surface area contributed by atoms with Crippen LogP contribution < -0.4 is 4.74 Å². The highest BCUT2D eigenvalue weighted by atomic mass is 19.1. The topological polar surface area (TPSA) is 29.5 Å². The molecular weight excluding hydrogens is 214 g/mol. The Morgan fingerprint density at radius 3 is 2.69 bits per heavy atom. The number of ether oxygens (including phenoxy) is 1. The van der Waals surface area contributed by atoms with Crippen LogP contribution in [0.5, 0.6) is 5.75 Å². The van der Waals surface area contributed by atoms with Crippen LogP contribution in [-0.4, -0.2) is 18.3 Å². The Morgan fingerprint density at radius 2 is 1.94 bits per heavy atom. The molecule has 0 amide bonds. The lowest BCUT2D eigenvalue weighted by atomic mass is 10.3. The Morgan fingerprint density at radius 1 is 1.19 bits per heavy atom. The number of halogens is 2. The van der Waals surface area contributed by atoms with Crippen molar-refractivity contribution in [1.82, 2.24) is 0 Å². The van der Waals surface area contributed by atoms with Gasteiger partial charge in [-0.25, -0.2) is 8.78 Å². The number of hydrogen-bond donors (Lipinski definition) is 1. The largest absolute Gasteiger partial charge is 0.490 e. The second-order valence-corrected chi connectivity index (χ2v) is 3.20. The molecular formula is C12H14F2O2. The molecule has 0 fully saturated rings. The molecule has 1 N–H and O–H groups in total. The molecule has 16 heavy (non-hydrogen) atoms. The van der Waals surface area contributed by atoms with Crippen LogP contribution in [0.15, 0.2) is 30.4 Å². The second kappa shape index (κ2) is 6.95. The molecule has 0 aliphatic heterocycles. The zero-order valence-electron chi connectivity index (χ0n) is 8.83. The van der Waals surface area contributed by atoms with E-state index in [2.05, 4.69) is 0 Å². The summed E-state index contributed by atoms with van der Waals surface area (Å²) in [5.74, 6) is -1.16. The van der Waals surface area contributed by atoms with Crippen LogP contribution in [0.3, 0.4) is 0 Å². The highest BCUT2D eigenvalue weighted by molar-refractivity contribution is 5.24. The van der Waals surface area contributed by atoms with E-state index in [1.54, 1.807) is 0 Å². The van der Waals surface area contributed by atoms with Crippen molar-refractivity contribution in [3.63, 3.8) is 0 Å². The van der Waals surface area contributed by atoms with Gasteiger partial charge in [0.1, 0.15) is 5.82 Å². The van der Waals surface area contributed by atoms with E-state index in [0.717, 1.165) is 18.2 Å². The molecule has 0 saturated heterocycles. The Hall–Kier alpha value is -1.42. The zero-order valence-corrected chi connectivity index (χ0v) is 8.83. The number of benzene rings is 1. The van der Waals surface area contributed by atoms with Crippen LogP contribution in [0.2, 0.25) is 0 Å². The number of aliphatic hydroxyl groups is 1. The van der Waals surface area contributed by atoms with Gasteiger partial charge >= 0.3 is 0 Å². The first-order valence-corrected chi connectivity index (χ1v) is 5.07. The van der Waals surface area contributed by atoms with Gasteiger partial charge < -0.3 is 9.84 Å². The molecule has 0 aliphatic rings. The van der Waals surface area contributed by atoms with Crippen LogP contribution in [0.25, 0.3) is 0 Å². The van der Waals surface area contributed by atoms with Crippen LogP contribution in [0.4, 0.5) is 8.78 Å². The molecule has 0 unspecified atom stereocenters. The zero-order chi connectivity index (χ0) is 11.8. The molecule has 0 bridgehead atoms. The smallest absolute Gasteiger partial charge is 0.165 e. The van der Waals surface area contributed by atoms with Crippen LogP contribution in [-0.2, 0) is 0 Å². The van der Waals surface area contributed by atoms with Crippen LogP contribution in [0, 0.1) is 11.6 Å². The van der Waals surface area contributed by atoms with Gasteiger partial charge in [-0.3, -0.25) is 0 Å². The van der Waals surface area contributed by atoms with Gasteiger partial charge in [0.2, 0.25) is 0 Å². The average molecular weight is 228 g/mol. The van der Waals surface area contributed by atoms with Crippen molar-refractivity contribution < 1.29 is 18.6 Å². The number of rotatable bonds is 6. The molecule has 4 heteroatoms. The SMILES string of the molecule is OCC/C=C/CCOc1cc(F)ccc1F. The normalized spacial score (nSPS) is 10.9. The van der Waals surface area contributed by atoms with E-state index in [9.17, 15) is 8.78 Å². The van der Waals surface area contributed by atoms with E-state index in [4.69, 9.17) is 9.84 Å². The lowest BCUT2D eigenvalue weighted by Crippen LogP contribution is -1.98. The molecule has 1 aromatic rings. The molecule has 0 spiro atoms. The van der Waals surface area contributed by atoms with Crippen molar-refractivity contribution in [3.8, 4) is 5.75 Å². The van der Waals surface area contributed by atoms with Crippen molar-refractivity contribution in [2.75, 3.05) is 13.2 Å². The van der Waals surface area contributed by atoms with Gasteiger partial charge in [0.15, 0.2) is 11.6 Å². The van der Waals surface area contributed by atoms with Crippen molar-refractivity contribution in [2.24, 2.45) is 0 Å². The Bertz CT molecular complexity index is 351. The average Bonchev–Trinajstić information content (AvgIpc) is 2.28. The number of aliphatic hydroxyl groups excluding tert-OH is 1. The summed E-state index contributed by atoms with van der Waals surface area (Å²) >= 11 is 0. The maximum atomic E-state index is 13.1.